The van der Waals surface area contributed by atoms with Gasteiger partial charge in [0.2, 0.25) is 5.91 Å². The monoisotopic (exact) mass is 375 g/mol. The molecule has 6 heteroatoms. The predicted octanol–water partition coefficient (Wildman–Crippen LogP) is 4.45. The summed E-state index contributed by atoms with van der Waals surface area (Å²) in [6, 6.07) is 8.27. The van der Waals surface area contributed by atoms with Gasteiger partial charge in [-0.05, 0) is 43.9 Å². The molecule has 3 rings (SSSR count). The lowest BCUT2D eigenvalue weighted by atomic mass is 10.1. The van der Waals surface area contributed by atoms with E-state index in [2.05, 4.69) is 36.5 Å². The summed E-state index contributed by atoms with van der Waals surface area (Å²) in [5, 5.41) is 3.56. The molecule has 1 N–H and O–H groups in total. The third kappa shape index (κ3) is 4.25. The van der Waals surface area contributed by atoms with E-state index in [1.54, 1.807) is 11.8 Å². The van der Waals surface area contributed by atoms with Crippen LogP contribution >= 0.6 is 23.1 Å². The summed E-state index contributed by atoms with van der Waals surface area (Å²) in [6.07, 6.45) is 3.33. The van der Waals surface area contributed by atoms with E-state index in [1.807, 2.05) is 0 Å². The molecule has 0 unspecified atom stereocenters. The van der Waals surface area contributed by atoms with Crippen molar-refractivity contribution in [1.29, 1.82) is 0 Å². The van der Waals surface area contributed by atoms with Crippen molar-refractivity contribution in [1.82, 2.24) is 0 Å². The Hall–Kier alpha value is -1.79. The van der Waals surface area contributed by atoms with Crippen molar-refractivity contribution < 1.29 is 14.3 Å². The minimum absolute atomic E-state index is 0.0651. The number of fused-ring (bicyclic) bond motifs is 1. The molecule has 0 aliphatic heterocycles. The zero-order valence-corrected chi connectivity index (χ0v) is 16.0. The Labute approximate surface area is 156 Å². The van der Waals surface area contributed by atoms with Crippen molar-refractivity contribution >= 4 is 40.0 Å². The number of hydrogen-bond donors (Lipinski definition) is 1. The molecule has 2 aromatic rings. The minimum Gasteiger partial charge on any atom is -0.465 e. The van der Waals surface area contributed by atoms with E-state index in [9.17, 15) is 9.59 Å². The van der Waals surface area contributed by atoms with Gasteiger partial charge in [0.1, 0.15) is 5.00 Å². The Balaban J connectivity index is 1.59. The Kier molecular flexibility index (Phi) is 5.81. The van der Waals surface area contributed by atoms with E-state index in [0.29, 0.717) is 22.7 Å². The van der Waals surface area contributed by atoms with Crippen LogP contribution in [0.1, 0.15) is 39.2 Å². The highest BCUT2D eigenvalue weighted by atomic mass is 32.2. The number of ether oxygens (including phenoxy) is 1. The molecule has 0 atom stereocenters. The first-order chi connectivity index (χ1) is 12.1. The average molecular weight is 376 g/mol. The van der Waals surface area contributed by atoms with Crippen LogP contribution in [0.2, 0.25) is 0 Å². The summed E-state index contributed by atoms with van der Waals surface area (Å²) < 4.78 is 4.90. The number of benzene rings is 1. The van der Waals surface area contributed by atoms with E-state index in [1.165, 1.54) is 28.9 Å². The number of esters is 1. The first kappa shape index (κ1) is 18.0. The van der Waals surface area contributed by atoms with Crippen LogP contribution in [0.5, 0.6) is 0 Å². The normalized spacial score (nSPS) is 12.7. The van der Waals surface area contributed by atoms with Crippen molar-refractivity contribution in [3.63, 3.8) is 0 Å². The number of hydrogen-bond acceptors (Lipinski definition) is 5. The number of thiophene rings is 1. The molecule has 0 radical (unpaired) electrons. The molecular formula is C19H21NO3S2. The lowest BCUT2D eigenvalue weighted by molar-refractivity contribution is -0.115. The molecule has 1 heterocycles. The molecule has 1 aromatic carbocycles. The van der Waals surface area contributed by atoms with E-state index < -0.39 is 0 Å². The van der Waals surface area contributed by atoms with Gasteiger partial charge in [-0.15, -0.1) is 23.1 Å². The molecule has 0 bridgehead atoms. The number of anilines is 1. The quantitative estimate of drug-likeness (QED) is 0.598. The Morgan fingerprint density at radius 1 is 1.24 bits per heavy atom. The summed E-state index contributed by atoms with van der Waals surface area (Å²) in [7, 11) is 1.38. The van der Waals surface area contributed by atoms with Gasteiger partial charge in [-0.3, -0.25) is 4.79 Å². The molecule has 1 amide bonds. The lowest BCUT2D eigenvalue weighted by Gasteiger charge is -2.07. The van der Waals surface area contributed by atoms with Crippen LogP contribution in [0, 0.1) is 6.92 Å². The topological polar surface area (TPSA) is 55.4 Å². The summed E-state index contributed by atoms with van der Waals surface area (Å²) >= 11 is 3.17. The Morgan fingerprint density at radius 3 is 2.72 bits per heavy atom. The maximum absolute atomic E-state index is 12.3. The second-order valence-corrected chi connectivity index (χ2v) is 8.29. The minimum atomic E-state index is -0.358. The van der Waals surface area contributed by atoms with Crippen molar-refractivity contribution in [3.8, 4) is 0 Å². The molecule has 0 spiro atoms. The zero-order valence-electron chi connectivity index (χ0n) is 14.4. The molecule has 0 fully saturated rings. The SMILES string of the molecule is COC(=O)c1c(NC(=O)CCSc2ccc(C)cc2)sc2c1CCC2. The van der Waals surface area contributed by atoms with Gasteiger partial charge in [0, 0.05) is 21.9 Å². The van der Waals surface area contributed by atoms with Gasteiger partial charge < -0.3 is 10.1 Å². The maximum atomic E-state index is 12.3. The number of rotatable bonds is 6. The third-order valence-electron chi connectivity index (χ3n) is 4.18. The largest absolute Gasteiger partial charge is 0.465 e. The number of amides is 1. The fourth-order valence-corrected chi connectivity index (χ4v) is 5.04. The molecule has 0 saturated heterocycles. The van der Waals surface area contributed by atoms with Gasteiger partial charge in [-0.25, -0.2) is 4.79 Å². The molecule has 1 aliphatic carbocycles. The van der Waals surface area contributed by atoms with Crippen molar-refractivity contribution in [2.45, 2.75) is 37.5 Å². The molecule has 132 valence electrons. The second-order valence-electron chi connectivity index (χ2n) is 6.01. The van der Waals surface area contributed by atoms with E-state index >= 15 is 0 Å². The zero-order chi connectivity index (χ0) is 17.8. The van der Waals surface area contributed by atoms with Gasteiger partial charge in [0.25, 0.3) is 0 Å². The lowest BCUT2D eigenvalue weighted by Crippen LogP contribution is -2.14. The average Bonchev–Trinajstić information content (AvgIpc) is 3.16. The van der Waals surface area contributed by atoms with Gasteiger partial charge in [-0.2, -0.15) is 0 Å². The summed E-state index contributed by atoms with van der Waals surface area (Å²) in [4.78, 5) is 26.7. The highest BCUT2D eigenvalue weighted by molar-refractivity contribution is 7.99. The fraction of sp³-hybridized carbons (Fsp3) is 0.368. The number of aryl methyl sites for hydroxylation is 2. The van der Waals surface area contributed by atoms with Crippen LogP contribution in [0.25, 0.3) is 0 Å². The fourth-order valence-electron chi connectivity index (χ4n) is 2.90. The first-order valence-corrected chi connectivity index (χ1v) is 10.1. The van der Waals surface area contributed by atoms with Gasteiger partial charge in [0.15, 0.2) is 0 Å². The third-order valence-corrected chi connectivity index (χ3v) is 6.40. The van der Waals surface area contributed by atoms with Crippen molar-refractivity contribution in [2.75, 3.05) is 18.2 Å². The molecule has 25 heavy (non-hydrogen) atoms. The van der Waals surface area contributed by atoms with Crippen LogP contribution < -0.4 is 5.32 Å². The van der Waals surface area contributed by atoms with Crippen molar-refractivity contribution in [2.24, 2.45) is 0 Å². The molecular weight excluding hydrogens is 354 g/mol. The number of nitrogens with one attached hydrogen (secondary N) is 1. The van der Waals surface area contributed by atoms with E-state index in [4.69, 9.17) is 4.74 Å². The Bertz CT molecular complexity index is 781. The van der Waals surface area contributed by atoms with Crippen LogP contribution in [0.3, 0.4) is 0 Å². The molecule has 1 aromatic heterocycles. The number of carbonyl (C=O) groups is 2. The predicted molar refractivity (Wildman–Crippen MR) is 103 cm³/mol. The highest BCUT2D eigenvalue weighted by Crippen LogP contribution is 2.39. The molecule has 0 saturated carbocycles. The van der Waals surface area contributed by atoms with Gasteiger partial charge in [0.05, 0.1) is 12.7 Å². The number of thioether (sulfide) groups is 1. The maximum Gasteiger partial charge on any atom is 0.341 e. The van der Waals surface area contributed by atoms with E-state index in [0.717, 1.165) is 29.7 Å². The summed E-state index contributed by atoms with van der Waals surface area (Å²) in [6.45, 7) is 2.05. The summed E-state index contributed by atoms with van der Waals surface area (Å²) in [5.74, 6) is 0.279. The number of carbonyl (C=O) groups excluding carboxylic acids is 2. The molecule has 1 aliphatic rings. The number of methoxy groups -OCH3 is 1. The highest BCUT2D eigenvalue weighted by Gasteiger charge is 2.27. The van der Waals surface area contributed by atoms with Crippen molar-refractivity contribution in [3.05, 3.63) is 45.8 Å². The smallest absolute Gasteiger partial charge is 0.341 e. The standard InChI is InChI=1S/C19H21NO3S2/c1-12-6-8-13(9-7-12)24-11-10-16(21)20-18-17(19(22)23-2)14-4-3-5-15(14)25-18/h6-9H,3-5,10-11H2,1-2H3,(H,20,21). The van der Waals surface area contributed by atoms with Crippen LogP contribution in [-0.2, 0) is 22.4 Å². The van der Waals surface area contributed by atoms with Crippen LogP contribution in [0.15, 0.2) is 29.2 Å². The van der Waals surface area contributed by atoms with Crippen LogP contribution in [0.4, 0.5) is 5.00 Å². The first-order valence-electron chi connectivity index (χ1n) is 8.30. The summed E-state index contributed by atoms with van der Waals surface area (Å²) in [5.41, 5.74) is 2.84. The second kappa shape index (κ2) is 8.06. The molecule has 4 nitrogen and oxygen atoms in total. The van der Waals surface area contributed by atoms with Gasteiger partial charge >= 0.3 is 5.97 Å². The Morgan fingerprint density at radius 2 is 2.00 bits per heavy atom. The van der Waals surface area contributed by atoms with Gasteiger partial charge in [-0.1, -0.05) is 17.7 Å². The van der Waals surface area contributed by atoms with E-state index in [-0.39, 0.29) is 11.9 Å². The van der Waals surface area contributed by atoms with Crippen LogP contribution in [-0.4, -0.2) is 24.7 Å².